The van der Waals surface area contributed by atoms with Crippen LogP contribution in [0.1, 0.15) is 5.01 Å². The van der Waals surface area contributed by atoms with Gasteiger partial charge in [-0.05, 0) is 6.92 Å². The smallest absolute Gasteiger partial charge is 0.229 e. The Morgan fingerprint density at radius 1 is 1.58 bits per heavy atom. The zero-order valence-electron chi connectivity index (χ0n) is 13.4. The second-order valence-electron chi connectivity index (χ2n) is 6.32. The molecule has 7 nitrogen and oxygen atoms in total. The van der Waals surface area contributed by atoms with Crippen molar-refractivity contribution in [2.24, 2.45) is 11.8 Å². The molecule has 1 spiro atoms. The number of amides is 2. The third-order valence-corrected chi connectivity index (χ3v) is 6.70. The molecule has 2 bridgehead atoms. The normalized spacial score (nSPS) is 33.3. The molecule has 24 heavy (non-hydrogen) atoms. The van der Waals surface area contributed by atoms with Gasteiger partial charge in [0, 0.05) is 19.3 Å². The van der Waals surface area contributed by atoms with Crippen LogP contribution >= 0.6 is 23.1 Å². The summed E-state index contributed by atoms with van der Waals surface area (Å²) in [4.78, 5) is 26.7. The minimum absolute atomic E-state index is 0.000658. The number of hydrogen-bond donors (Lipinski definition) is 1. The minimum Gasteiger partial charge on any atom is -0.360 e. The number of ether oxygens (including phenoxy) is 1. The Balaban J connectivity index is 1.35. The first-order valence-electron chi connectivity index (χ1n) is 7.83. The Kier molecular flexibility index (Phi) is 3.89. The number of nitrogens with zero attached hydrogens (tertiary/aromatic N) is 3. The second kappa shape index (κ2) is 5.82. The highest BCUT2D eigenvalue weighted by atomic mass is 32.2. The van der Waals surface area contributed by atoms with Crippen LogP contribution in [0.3, 0.4) is 0 Å². The third-order valence-electron chi connectivity index (χ3n) is 4.73. The molecule has 4 rings (SSSR count). The molecule has 0 aromatic carbocycles. The van der Waals surface area contributed by atoms with Gasteiger partial charge in [-0.1, -0.05) is 35.3 Å². The van der Waals surface area contributed by atoms with E-state index in [1.165, 1.54) is 0 Å². The molecule has 0 radical (unpaired) electrons. The summed E-state index contributed by atoms with van der Waals surface area (Å²) in [7, 11) is 1.76. The van der Waals surface area contributed by atoms with Crippen molar-refractivity contribution in [3.8, 4) is 0 Å². The highest BCUT2D eigenvalue weighted by Gasteiger charge is 2.66. The van der Waals surface area contributed by atoms with Gasteiger partial charge in [0.15, 0.2) is 4.34 Å². The van der Waals surface area contributed by atoms with Crippen molar-refractivity contribution in [2.75, 3.05) is 25.9 Å². The van der Waals surface area contributed by atoms with Crippen LogP contribution in [0.25, 0.3) is 0 Å². The number of rotatable bonds is 5. The second-order valence-corrected chi connectivity index (χ2v) is 8.84. The van der Waals surface area contributed by atoms with E-state index in [4.69, 9.17) is 4.74 Å². The molecule has 4 heterocycles. The van der Waals surface area contributed by atoms with Gasteiger partial charge in [-0.3, -0.25) is 9.59 Å². The number of likely N-dealkylation sites (N-methyl/N-ethyl adjacent to an activating group) is 1. The fourth-order valence-corrected chi connectivity index (χ4v) is 5.50. The van der Waals surface area contributed by atoms with E-state index in [0.29, 0.717) is 13.1 Å². The van der Waals surface area contributed by atoms with Crippen molar-refractivity contribution in [2.45, 2.75) is 23.0 Å². The van der Waals surface area contributed by atoms with Crippen LogP contribution in [0.4, 0.5) is 0 Å². The Labute approximate surface area is 147 Å². The number of fused-ring (bicyclic) bond motifs is 1. The first-order valence-corrected chi connectivity index (χ1v) is 9.63. The number of aryl methyl sites for hydroxylation is 1. The molecule has 0 unspecified atom stereocenters. The van der Waals surface area contributed by atoms with Crippen LogP contribution in [-0.2, 0) is 14.3 Å². The first kappa shape index (κ1) is 16.0. The first-order chi connectivity index (χ1) is 11.5. The third kappa shape index (κ3) is 2.46. The van der Waals surface area contributed by atoms with Crippen molar-refractivity contribution in [3.05, 3.63) is 17.2 Å². The van der Waals surface area contributed by atoms with Crippen molar-refractivity contribution in [3.63, 3.8) is 0 Å². The molecule has 128 valence electrons. The van der Waals surface area contributed by atoms with Gasteiger partial charge in [-0.25, -0.2) is 0 Å². The van der Waals surface area contributed by atoms with Crippen molar-refractivity contribution in [1.82, 2.24) is 20.4 Å². The standard InChI is InChI=1S/C15H18N4O3S2/c1-8-17-18-14(24-8)23-6-5-16-12(20)10-9-3-4-15(22-9)7-19(2)13(21)11(10)15/h3-4,9-11H,5-7H2,1-2H3,(H,16,20)/t9-,10-,11+,15-/m0/s1. The van der Waals surface area contributed by atoms with Gasteiger partial charge in [0.2, 0.25) is 11.8 Å². The molecule has 2 fully saturated rings. The summed E-state index contributed by atoms with van der Waals surface area (Å²) in [5.74, 6) is -0.204. The average Bonchev–Trinajstić information content (AvgIpc) is 3.26. The van der Waals surface area contributed by atoms with Crippen LogP contribution in [0.2, 0.25) is 0 Å². The summed E-state index contributed by atoms with van der Waals surface area (Å²) < 4.78 is 6.88. The molecular formula is C15H18N4O3S2. The summed E-state index contributed by atoms with van der Waals surface area (Å²) in [5, 5.41) is 11.9. The van der Waals surface area contributed by atoms with Crippen molar-refractivity contribution >= 4 is 34.9 Å². The van der Waals surface area contributed by atoms with E-state index in [1.54, 1.807) is 35.0 Å². The summed E-state index contributed by atoms with van der Waals surface area (Å²) >= 11 is 3.11. The van der Waals surface area contributed by atoms with Crippen LogP contribution in [-0.4, -0.2) is 64.5 Å². The van der Waals surface area contributed by atoms with Gasteiger partial charge in [-0.15, -0.1) is 10.2 Å². The SMILES string of the molecule is Cc1nnc(SCCNC(=O)[C@H]2[C@@H]3C=C[C@@]4(CN(C)C(=O)[C@@H]24)O3)s1. The molecule has 3 aliphatic heterocycles. The van der Waals surface area contributed by atoms with E-state index in [1.807, 2.05) is 19.1 Å². The Bertz CT molecular complexity index is 721. The molecule has 1 aromatic rings. The molecule has 2 saturated heterocycles. The fraction of sp³-hybridized carbons (Fsp3) is 0.600. The zero-order chi connectivity index (χ0) is 16.9. The zero-order valence-corrected chi connectivity index (χ0v) is 15.0. The lowest BCUT2D eigenvalue weighted by Crippen LogP contribution is -2.44. The summed E-state index contributed by atoms with van der Waals surface area (Å²) in [6.07, 6.45) is 3.60. The maximum absolute atomic E-state index is 12.6. The quantitative estimate of drug-likeness (QED) is 0.463. The minimum atomic E-state index is -0.600. The molecule has 0 saturated carbocycles. The molecular weight excluding hydrogens is 348 g/mol. The lowest BCUT2D eigenvalue weighted by Gasteiger charge is -2.23. The van der Waals surface area contributed by atoms with E-state index in [9.17, 15) is 9.59 Å². The lowest BCUT2D eigenvalue weighted by atomic mass is 9.77. The number of aromatic nitrogens is 2. The summed E-state index contributed by atoms with van der Waals surface area (Å²) in [5.41, 5.74) is -0.600. The molecule has 3 aliphatic rings. The molecule has 9 heteroatoms. The Hall–Kier alpha value is -1.45. The predicted octanol–water partition coefficient (Wildman–Crippen LogP) is 0.467. The van der Waals surface area contributed by atoms with Gasteiger partial charge >= 0.3 is 0 Å². The summed E-state index contributed by atoms with van der Waals surface area (Å²) in [6.45, 7) is 2.97. The highest BCUT2D eigenvalue weighted by molar-refractivity contribution is 8.01. The van der Waals surface area contributed by atoms with E-state index in [2.05, 4.69) is 15.5 Å². The van der Waals surface area contributed by atoms with Crippen LogP contribution in [0.15, 0.2) is 16.5 Å². The number of nitrogens with one attached hydrogen (secondary N) is 1. The van der Waals surface area contributed by atoms with Crippen molar-refractivity contribution < 1.29 is 14.3 Å². The van der Waals surface area contributed by atoms with Gasteiger partial charge < -0.3 is 15.0 Å². The van der Waals surface area contributed by atoms with Crippen molar-refractivity contribution in [1.29, 1.82) is 0 Å². The highest BCUT2D eigenvalue weighted by Crippen LogP contribution is 2.51. The number of carbonyl (C=O) groups is 2. The largest absolute Gasteiger partial charge is 0.360 e. The van der Waals surface area contributed by atoms with E-state index in [0.717, 1.165) is 15.1 Å². The number of thioether (sulfide) groups is 1. The van der Waals surface area contributed by atoms with E-state index < -0.39 is 17.4 Å². The van der Waals surface area contributed by atoms with E-state index >= 15 is 0 Å². The molecule has 1 aromatic heterocycles. The fourth-order valence-electron chi connectivity index (χ4n) is 3.76. The number of likely N-dealkylation sites (tertiary alicyclic amines) is 1. The number of carbonyl (C=O) groups excluding carboxylic acids is 2. The maximum Gasteiger partial charge on any atom is 0.229 e. The number of hydrogen-bond acceptors (Lipinski definition) is 7. The maximum atomic E-state index is 12.6. The van der Waals surface area contributed by atoms with E-state index in [-0.39, 0.29) is 17.9 Å². The average molecular weight is 366 g/mol. The molecule has 4 atom stereocenters. The monoisotopic (exact) mass is 366 g/mol. The van der Waals surface area contributed by atoms with Crippen LogP contribution in [0.5, 0.6) is 0 Å². The van der Waals surface area contributed by atoms with Gasteiger partial charge in [0.1, 0.15) is 10.6 Å². The van der Waals surface area contributed by atoms with Gasteiger partial charge in [0.05, 0.1) is 24.5 Å². The topological polar surface area (TPSA) is 84.4 Å². The Morgan fingerprint density at radius 3 is 3.17 bits per heavy atom. The lowest BCUT2D eigenvalue weighted by molar-refractivity contribution is -0.136. The van der Waals surface area contributed by atoms with Gasteiger partial charge in [-0.2, -0.15) is 0 Å². The Morgan fingerprint density at radius 2 is 2.42 bits per heavy atom. The molecule has 2 amide bonds. The van der Waals surface area contributed by atoms with Crippen LogP contribution in [0, 0.1) is 18.8 Å². The molecule has 1 N–H and O–H groups in total. The summed E-state index contributed by atoms with van der Waals surface area (Å²) in [6, 6.07) is 0. The molecule has 0 aliphatic carbocycles. The predicted molar refractivity (Wildman–Crippen MR) is 89.7 cm³/mol. The van der Waals surface area contributed by atoms with Crippen LogP contribution < -0.4 is 5.32 Å². The van der Waals surface area contributed by atoms with Gasteiger partial charge in [0.25, 0.3) is 0 Å².